The van der Waals surface area contributed by atoms with Crippen molar-refractivity contribution >= 4 is 18.0 Å². The number of carbonyl (C=O) groups is 3. The van der Waals surface area contributed by atoms with Crippen LogP contribution < -0.4 is 10.1 Å². The average Bonchev–Trinajstić information content (AvgIpc) is 2.46. The maximum absolute atomic E-state index is 12.0. The van der Waals surface area contributed by atoms with Gasteiger partial charge in [0.25, 0.3) is 0 Å². The third-order valence-corrected chi connectivity index (χ3v) is 3.11. The molecule has 0 aliphatic heterocycles. The lowest BCUT2D eigenvalue weighted by atomic mass is 10.0. The lowest BCUT2D eigenvalue weighted by molar-refractivity contribution is -0.143. The fraction of sp³-hybridized carbons (Fsp3) is 0.500. The third-order valence-electron chi connectivity index (χ3n) is 3.11. The number of benzene rings is 1. The summed E-state index contributed by atoms with van der Waals surface area (Å²) in [6.45, 7) is 8.31. The first kappa shape index (κ1) is 20.5. The number of nitrogens with one attached hydrogen (secondary N) is 1. The first-order valence-electron chi connectivity index (χ1n) is 7.87. The van der Waals surface area contributed by atoms with Crippen molar-refractivity contribution in [2.75, 3.05) is 7.11 Å². The Morgan fingerprint density at radius 3 is 2.32 bits per heavy atom. The van der Waals surface area contributed by atoms with Crippen molar-refractivity contribution in [2.45, 2.75) is 52.7 Å². The highest BCUT2D eigenvalue weighted by Gasteiger charge is 2.25. The molecule has 0 aliphatic carbocycles. The highest BCUT2D eigenvalue weighted by Crippen LogP contribution is 2.20. The Hall–Kier alpha value is -2.57. The summed E-state index contributed by atoms with van der Waals surface area (Å²) >= 11 is 0. The molecule has 0 saturated carbocycles. The molecule has 0 aliphatic rings. The van der Waals surface area contributed by atoms with Crippen LogP contribution in [0, 0.1) is 6.92 Å². The van der Waals surface area contributed by atoms with E-state index in [2.05, 4.69) is 5.32 Å². The lowest BCUT2D eigenvalue weighted by Crippen LogP contribution is -2.45. The molecule has 7 nitrogen and oxygen atoms in total. The second kappa shape index (κ2) is 8.50. The van der Waals surface area contributed by atoms with Crippen LogP contribution in [-0.2, 0) is 25.5 Å². The standard InChI is InChI=1S/C18H25NO6/c1-11-9-13(7-8-15(11)24-12(2)20)10-14(16(21)23-6)19-17(22)25-18(3,4)5/h7-9,14H,10H2,1-6H3,(H,19,22). The largest absolute Gasteiger partial charge is 0.467 e. The minimum Gasteiger partial charge on any atom is -0.467 e. The van der Waals surface area contributed by atoms with Crippen LogP contribution in [0.15, 0.2) is 18.2 Å². The maximum Gasteiger partial charge on any atom is 0.408 e. The Morgan fingerprint density at radius 1 is 1.20 bits per heavy atom. The van der Waals surface area contributed by atoms with Crippen LogP contribution in [0.5, 0.6) is 5.75 Å². The summed E-state index contributed by atoms with van der Waals surface area (Å²) in [5, 5.41) is 2.52. The van der Waals surface area contributed by atoms with Crippen LogP contribution in [0.2, 0.25) is 0 Å². The molecule has 7 heteroatoms. The number of esters is 2. The van der Waals surface area contributed by atoms with Crippen molar-refractivity contribution in [2.24, 2.45) is 0 Å². The van der Waals surface area contributed by atoms with Crippen molar-refractivity contribution in [1.29, 1.82) is 0 Å². The zero-order valence-electron chi connectivity index (χ0n) is 15.5. The van der Waals surface area contributed by atoms with Gasteiger partial charge < -0.3 is 19.5 Å². The first-order chi connectivity index (χ1) is 11.5. The van der Waals surface area contributed by atoms with Gasteiger partial charge in [-0.05, 0) is 44.9 Å². The fourth-order valence-electron chi connectivity index (χ4n) is 2.13. The van der Waals surface area contributed by atoms with Gasteiger partial charge in [0.05, 0.1) is 7.11 Å². The van der Waals surface area contributed by atoms with Gasteiger partial charge in [-0.1, -0.05) is 12.1 Å². The summed E-state index contributed by atoms with van der Waals surface area (Å²) in [5.41, 5.74) is 0.848. The van der Waals surface area contributed by atoms with E-state index in [1.807, 2.05) is 0 Å². The Morgan fingerprint density at radius 2 is 1.84 bits per heavy atom. The molecule has 1 rings (SSSR count). The molecule has 1 atom stereocenters. The van der Waals surface area contributed by atoms with Gasteiger partial charge in [0.1, 0.15) is 17.4 Å². The smallest absolute Gasteiger partial charge is 0.408 e. The molecule has 1 unspecified atom stereocenters. The minimum absolute atomic E-state index is 0.215. The minimum atomic E-state index is -0.890. The highest BCUT2D eigenvalue weighted by molar-refractivity contribution is 5.81. The molecule has 1 aromatic rings. The van der Waals surface area contributed by atoms with Crippen molar-refractivity contribution in [1.82, 2.24) is 5.32 Å². The van der Waals surface area contributed by atoms with Crippen LogP contribution in [0.4, 0.5) is 4.79 Å². The number of amides is 1. The quantitative estimate of drug-likeness (QED) is 0.647. The van der Waals surface area contributed by atoms with Gasteiger partial charge in [-0.15, -0.1) is 0 Å². The summed E-state index contributed by atoms with van der Waals surface area (Å²) < 4.78 is 15.0. The van der Waals surface area contributed by atoms with Gasteiger partial charge in [0.15, 0.2) is 0 Å². The number of aryl methyl sites for hydroxylation is 1. The fourth-order valence-corrected chi connectivity index (χ4v) is 2.13. The average molecular weight is 351 g/mol. The van der Waals surface area contributed by atoms with E-state index < -0.39 is 29.7 Å². The Labute approximate surface area is 147 Å². The van der Waals surface area contributed by atoms with Crippen LogP contribution in [0.3, 0.4) is 0 Å². The Balaban J connectivity index is 2.88. The van der Waals surface area contributed by atoms with Crippen LogP contribution in [-0.4, -0.2) is 36.8 Å². The summed E-state index contributed by atoms with van der Waals surface area (Å²) in [6.07, 6.45) is -0.483. The van der Waals surface area contributed by atoms with Crippen LogP contribution >= 0.6 is 0 Å². The second-order valence-corrected chi connectivity index (χ2v) is 6.62. The van der Waals surface area contributed by atoms with Gasteiger partial charge >= 0.3 is 18.0 Å². The zero-order chi connectivity index (χ0) is 19.2. The van der Waals surface area contributed by atoms with E-state index in [0.717, 1.165) is 11.1 Å². The SMILES string of the molecule is COC(=O)C(Cc1ccc(OC(C)=O)c(C)c1)NC(=O)OC(C)(C)C. The number of ether oxygens (including phenoxy) is 3. The van der Waals surface area contributed by atoms with Crippen molar-refractivity contribution in [3.63, 3.8) is 0 Å². The highest BCUT2D eigenvalue weighted by atomic mass is 16.6. The molecule has 1 amide bonds. The van der Waals surface area contributed by atoms with E-state index in [9.17, 15) is 14.4 Å². The molecule has 0 spiro atoms. The zero-order valence-corrected chi connectivity index (χ0v) is 15.5. The number of hydrogen-bond acceptors (Lipinski definition) is 6. The predicted molar refractivity (Wildman–Crippen MR) is 91.4 cm³/mol. The summed E-state index contributed by atoms with van der Waals surface area (Å²) in [7, 11) is 1.25. The van der Waals surface area contributed by atoms with Gasteiger partial charge in [-0.25, -0.2) is 9.59 Å². The molecular formula is C18H25NO6. The molecule has 0 fully saturated rings. The molecule has 0 heterocycles. The maximum atomic E-state index is 12.0. The molecule has 25 heavy (non-hydrogen) atoms. The summed E-state index contributed by atoms with van der Waals surface area (Å²) in [4.78, 5) is 34.9. The van der Waals surface area contributed by atoms with E-state index in [4.69, 9.17) is 14.2 Å². The molecule has 0 bridgehead atoms. The molecule has 0 aromatic heterocycles. The van der Waals surface area contributed by atoms with E-state index in [0.29, 0.717) is 5.75 Å². The lowest BCUT2D eigenvalue weighted by Gasteiger charge is -2.22. The van der Waals surface area contributed by atoms with Crippen LogP contribution in [0.25, 0.3) is 0 Å². The van der Waals surface area contributed by atoms with Gasteiger partial charge in [0, 0.05) is 13.3 Å². The number of carbonyl (C=O) groups excluding carboxylic acids is 3. The Kier molecular flexibility index (Phi) is 6.97. The molecular weight excluding hydrogens is 326 g/mol. The first-order valence-corrected chi connectivity index (χ1v) is 7.87. The Bertz CT molecular complexity index is 647. The number of methoxy groups -OCH3 is 1. The van der Waals surface area contributed by atoms with E-state index in [-0.39, 0.29) is 6.42 Å². The van der Waals surface area contributed by atoms with Gasteiger partial charge in [-0.3, -0.25) is 4.79 Å². The normalized spacial score (nSPS) is 12.1. The van der Waals surface area contributed by atoms with Crippen LogP contribution in [0.1, 0.15) is 38.8 Å². The van der Waals surface area contributed by atoms with Crippen molar-refractivity contribution in [3.05, 3.63) is 29.3 Å². The number of hydrogen-bond donors (Lipinski definition) is 1. The van der Waals surface area contributed by atoms with E-state index in [1.165, 1.54) is 14.0 Å². The predicted octanol–water partition coefficient (Wildman–Crippen LogP) is 2.53. The summed E-state index contributed by atoms with van der Waals surface area (Å²) in [5.74, 6) is -0.534. The number of alkyl carbamates (subject to hydrolysis) is 1. The van der Waals surface area contributed by atoms with Crippen molar-refractivity contribution in [3.8, 4) is 5.75 Å². The number of rotatable bonds is 5. The molecule has 0 saturated heterocycles. The molecule has 138 valence electrons. The third kappa shape index (κ3) is 7.24. The van der Waals surface area contributed by atoms with E-state index in [1.54, 1.807) is 45.9 Å². The van der Waals surface area contributed by atoms with Gasteiger partial charge in [-0.2, -0.15) is 0 Å². The molecule has 1 aromatic carbocycles. The molecule has 1 N–H and O–H groups in total. The summed E-state index contributed by atoms with van der Waals surface area (Å²) in [6, 6.07) is 4.26. The van der Waals surface area contributed by atoms with Gasteiger partial charge in [0.2, 0.25) is 0 Å². The van der Waals surface area contributed by atoms with Crippen molar-refractivity contribution < 1.29 is 28.6 Å². The monoisotopic (exact) mass is 351 g/mol. The topological polar surface area (TPSA) is 90.9 Å². The van der Waals surface area contributed by atoms with E-state index >= 15 is 0 Å². The second-order valence-electron chi connectivity index (χ2n) is 6.62. The molecule has 0 radical (unpaired) electrons.